The maximum atomic E-state index is 13.0. The number of carbonyl (C=O) groups is 7. The molecule has 8 heterocycles. The van der Waals surface area contributed by atoms with Crippen LogP contribution in [0.1, 0.15) is 201 Å². The largest absolute Gasteiger partial charge is 0.358 e. The molecule has 3 saturated heterocycles. The molecule has 26 N–H and O–H groups in total. The molecule has 147 heavy (non-hydrogen) atoms. The van der Waals surface area contributed by atoms with Gasteiger partial charge in [-0.05, 0) is 257 Å². The number of benzene rings is 8. The van der Waals surface area contributed by atoms with E-state index in [2.05, 4.69) is 249 Å². The number of nitrogens with zero attached hydrogens (tertiary/aromatic N) is 1. The first kappa shape index (κ1) is 126. The van der Waals surface area contributed by atoms with Gasteiger partial charge in [0.05, 0.1) is 16.6 Å². The number of aromatic nitrogens is 5. The highest BCUT2D eigenvalue weighted by molar-refractivity contribution is 9.10. The van der Waals surface area contributed by atoms with Crippen LogP contribution >= 0.6 is 78.0 Å². The molecule has 0 spiro atoms. The zero-order valence-corrected chi connectivity index (χ0v) is 87.9. The molecule has 798 valence electrons. The molecule has 18 rings (SSSR count). The lowest BCUT2D eigenvalue weighted by Gasteiger charge is -2.23. The van der Waals surface area contributed by atoms with E-state index in [9.17, 15) is 33.6 Å². The number of hydrogen-bond acceptors (Lipinski definition) is 16. The zero-order chi connectivity index (χ0) is 97.6. The molecule has 13 aromatic rings. The lowest BCUT2D eigenvalue weighted by Crippen LogP contribution is -2.48. The Hall–Kier alpha value is -11.1. The van der Waals surface area contributed by atoms with Gasteiger partial charge in [0.15, 0.2) is 0 Å². The number of likely N-dealkylation sites (N-methyl/N-ethyl adjacent to an activating group) is 2. The van der Waals surface area contributed by atoms with Gasteiger partial charge in [0, 0.05) is 156 Å². The fourth-order valence-corrected chi connectivity index (χ4v) is 18.0. The van der Waals surface area contributed by atoms with Crippen LogP contribution in [0.2, 0.25) is 0 Å². The average molecular weight is 2180 g/mol. The van der Waals surface area contributed by atoms with Gasteiger partial charge in [-0.1, -0.05) is 206 Å². The summed E-state index contributed by atoms with van der Waals surface area (Å²) in [7, 11) is 3.42. The van der Waals surface area contributed by atoms with Crippen molar-refractivity contribution in [3.05, 3.63) is 249 Å². The van der Waals surface area contributed by atoms with Crippen LogP contribution in [0.25, 0.3) is 87.9 Å². The average Bonchev–Trinajstić information content (AvgIpc) is 1.35. The number of nitrogens with one attached hydrogen (secondary N) is 14. The molecular formula is C113H157BrCl5N21O7. The highest BCUT2D eigenvalue weighted by atomic mass is 79.9. The van der Waals surface area contributed by atoms with Crippen molar-refractivity contribution in [2.24, 2.45) is 58.1 Å². The van der Waals surface area contributed by atoms with Gasteiger partial charge in [-0.25, -0.2) is 0 Å². The number of rotatable bonds is 31. The summed E-state index contributed by atoms with van der Waals surface area (Å²) in [6, 6.07) is 63.3. The van der Waals surface area contributed by atoms with Gasteiger partial charge in [-0.15, -0.1) is 62.0 Å². The van der Waals surface area contributed by atoms with E-state index in [1.54, 1.807) is 19.0 Å². The van der Waals surface area contributed by atoms with Crippen molar-refractivity contribution in [2.75, 3.05) is 79.5 Å². The molecule has 9 atom stereocenters. The van der Waals surface area contributed by atoms with E-state index in [4.69, 9.17) is 34.4 Å². The van der Waals surface area contributed by atoms with Crippen LogP contribution in [0.4, 0.5) is 0 Å². The van der Waals surface area contributed by atoms with Gasteiger partial charge in [0.1, 0.15) is 28.5 Å². The minimum atomic E-state index is -0.503. The van der Waals surface area contributed by atoms with Gasteiger partial charge in [-0.3, -0.25) is 33.6 Å². The van der Waals surface area contributed by atoms with Crippen LogP contribution in [0.5, 0.6) is 0 Å². The van der Waals surface area contributed by atoms with E-state index in [1.165, 1.54) is 54.4 Å². The van der Waals surface area contributed by atoms with E-state index in [0.29, 0.717) is 112 Å². The number of carbonyl (C=O) groups excluding carboxylic acids is 7. The summed E-state index contributed by atoms with van der Waals surface area (Å²) >= 11 is 3.58. The molecule has 3 aliphatic heterocycles. The Kier molecular flexibility index (Phi) is 52.0. The Bertz CT molecular complexity index is 6470. The summed E-state index contributed by atoms with van der Waals surface area (Å²) in [5.74, 6) is 7.90. The third-order valence-electron chi connectivity index (χ3n) is 26.6. The van der Waals surface area contributed by atoms with E-state index >= 15 is 0 Å². The van der Waals surface area contributed by atoms with Crippen LogP contribution in [-0.2, 0) is 16.0 Å². The molecule has 2 saturated carbocycles. The van der Waals surface area contributed by atoms with E-state index in [0.717, 1.165) is 155 Å². The van der Waals surface area contributed by atoms with Crippen molar-refractivity contribution < 1.29 is 33.6 Å². The van der Waals surface area contributed by atoms with E-state index in [1.807, 2.05) is 74.5 Å². The van der Waals surface area contributed by atoms with Crippen molar-refractivity contribution in [1.29, 1.82) is 0 Å². The molecule has 5 fully saturated rings. The minimum Gasteiger partial charge on any atom is -0.358 e. The molecule has 5 aromatic heterocycles. The second-order valence-electron chi connectivity index (χ2n) is 38.1. The molecule has 7 amide bonds. The highest BCUT2D eigenvalue weighted by Crippen LogP contribution is 2.36. The number of halogens is 6. The quantitative estimate of drug-likeness (QED) is 0.0179. The SMILES string of the molecule is C.C.C.C.CNC(=O)[C@@H]1C[C@H](N(C)C(=O)c2cc3ccc(-c4ccc(C)cc4)cc3[nH]2)CN1.Cc1ccc(-c2ccc3[nH]c(C(=O)NC[C@@H](N)CCCN)c(Br)c3c2)cc1.Cc1ccc(-c2ccc3cc(C(=O)NC[C@@H]4CC(NC(=O)[C@H](N)C(C)C)CN4)[nH]c3c2)cc1.Cl.Cl.Cl.Cl.Cl.NCCC[C@H](N)CNC(=O)c1cc2ccc(C#CC3CC3)cc2[nH]1.NC[C@H]1CN[C@H](CNC(=O)c2cc3ccc(CCC4CC4)cc3[nH]2)C1. The molecule has 8 aromatic carbocycles. The Balaban J connectivity index is 0.000000319. The topological polar surface area (TPSA) is 466 Å². The summed E-state index contributed by atoms with van der Waals surface area (Å²) in [6.07, 6.45) is 13.4. The molecule has 1 unspecified atom stereocenters. The summed E-state index contributed by atoms with van der Waals surface area (Å²) < 4.78 is 0.763. The number of aromatic amines is 5. The first-order valence-electron chi connectivity index (χ1n) is 48.6. The predicted octanol–water partition coefficient (Wildman–Crippen LogP) is 17.7. The molecule has 2 aliphatic carbocycles. The summed E-state index contributed by atoms with van der Waals surface area (Å²) in [5, 5.41) is 32.5. The van der Waals surface area contributed by atoms with Gasteiger partial charge in [0.2, 0.25) is 11.8 Å². The lowest BCUT2D eigenvalue weighted by atomic mass is 10.0. The van der Waals surface area contributed by atoms with Crippen molar-refractivity contribution in [3.8, 4) is 45.2 Å². The van der Waals surface area contributed by atoms with E-state index in [-0.39, 0.29) is 175 Å². The third kappa shape index (κ3) is 35.5. The number of hydrogen-bond donors (Lipinski definition) is 20. The minimum absolute atomic E-state index is 0. The number of H-pyrrole nitrogens is 5. The van der Waals surface area contributed by atoms with Crippen LogP contribution in [-0.4, -0.2) is 199 Å². The second-order valence-corrected chi connectivity index (χ2v) is 38.9. The maximum Gasteiger partial charge on any atom is 0.270 e. The number of amides is 7. The number of aryl methyl sites for hydroxylation is 4. The first-order valence-corrected chi connectivity index (χ1v) is 49.4. The third-order valence-corrected chi connectivity index (χ3v) is 27.4. The maximum absolute atomic E-state index is 13.0. The number of fused-ring (bicyclic) bond motifs is 5. The molecule has 5 aliphatic rings. The van der Waals surface area contributed by atoms with Gasteiger partial charge >= 0.3 is 0 Å². The Morgan fingerprint density at radius 2 is 0.918 bits per heavy atom. The Morgan fingerprint density at radius 3 is 1.41 bits per heavy atom. The highest BCUT2D eigenvalue weighted by Gasteiger charge is 2.35. The molecule has 0 radical (unpaired) electrons. The van der Waals surface area contributed by atoms with E-state index < -0.39 is 6.04 Å². The van der Waals surface area contributed by atoms with Gasteiger partial charge < -0.3 is 112 Å². The van der Waals surface area contributed by atoms with Crippen LogP contribution in [0.15, 0.2) is 193 Å². The standard InChI is InChI=1S/C26H33N5O2.C23H26N4O2.C21H25BrN4O.C20H28N4O.C19H24N4O.4CH4.5ClH/c1-15(2)24(27)26(33)30-21-12-20(28-14-21)13-29-25(32)23-11-19-9-8-18(10-22(19)31-23)17-6-4-16(3)5-7-17;1-14-4-6-15(7-5-14)16-8-9-17-11-21(26-19(17)10-16)23(29)27(3)18-12-20(25-13-18)22(28)24-2;1-13-4-6-14(7-5-13)15-8-9-18-17(11-15)19(22)20(26-18)21(27)25-12-16(24)3-2-10-23;21-10-15-7-17(22-11-15)12-23-20(25)19-9-16-6-5-14(8-18(16)24-19)4-3-13-1-2-13;20-9-1-2-16(21)12-22-19(24)18-11-15-8-7-14(10-17(15)23-18)6-5-13-3-4-13;;;;;;;;;/h4-11,15,20-21,24,28,31H,12-14,27H2,1-3H3,(H,29,32)(H,30,33);4-11,18,20,25-26H,12-13H2,1-3H3,(H,24,28);4-9,11,16,26H,2-3,10,12,23-24H2,1H3,(H,25,27);5-6,8-9,13,15,17,22,24H,1-4,7,10-12,21H2,(H,23,25);7-8,10-11,13,16,23H,1-4,9,12,20-21H2,(H,22,24);4*1H4;5*1H/t20-,21?,24+;18-,20-;16-;15-,17-;16-;;;;;;;;;/m00000........./s1. The van der Waals surface area contributed by atoms with Crippen LogP contribution in [0.3, 0.4) is 0 Å². The van der Waals surface area contributed by atoms with Crippen molar-refractivity contribution in [3.63, 3.8) is 0 Å². The smallest absolute Gasteiger partial charge is 0.270 e. The zero-order valence-electron chi connectivity index (χ0n) is 82.3. The summed E-state index contributed by atoms with van der Waals surface area (Å²) in [4.78, 5) is 105. The fourth-order valence-electron chi connectivity index (χ4n) is 17.4. The normalized spacial score (nSPS) is 16.6. The van der Waals surface area contributed by atoms with Crippen LogP contribution in [0, 0.1) is 56.3 Å². The van der Waals surface area contributed by atoms with Crippen LogP contribution < -0.4 is 82.3 Å². The fraction of sp³-hybridized carbons (Fsp3) is 0.407. The number of nitrogens with two attached hydrogens (primary N) is 6. The molecule has 28 nitrogen and oxygen atoms in total. The second kappa shape index (κ2) is 60.5. The predicted molar refractivity (Wildman–Crippen MR) is 622 cm³/mol. The van der Waals surface area contributed by atoms with Crippen molar-refractivity contribution >= 4 is 174 Å². The molecule has 34 heteroatoms. The summed E-state index contributed by atoms with van der Waals surface area (Å²) in [6.45, 7) is 16.3. The Morgan fingerprint density at radius 1 is 0.469 bits per heavy atom. The first-order chi connectivity index (χ1) is 66.6. The molecular weight excluding hydrogens is 2020 g/mol. The van der Waals surface area contributed by atoms with Crippen molar-refractivity contribution in [1.82, 2.24) is 77.7 Å². The molecule has 0 bridgehead atoms. The van der Waals surface area contributed by atoms with Crippen molar-refractivity contribution in [2.45, 2.75) is 196 Å². The lowest BCUT2D eigenvalue weighted by molar-refractivity contribution is -0.124. The van der Waals surface area contributed by atoms with Gasteiger partial charge in [-0.2, -0.15) is 0 Å². The van der Waals surface area contributed by atoms with Gasteiger partial charge in [0.25, 0.3) is 29.5 Å². The Labute approximate surface area is 906 Å². The monoisotopic (exact) mass is 2170 g/mol. The summed E-state index contributed by atoms with van der Waals surface area (Å²) in [5.41, 5.74) is 54.9.